The molecular weight excluding hydrogens is 406 g/mol. The minimum atomic E-state index is -0.634. The number of nitrogens with zero attached hydrogens (tertiary/aromatic N) is 4. The number of anilines is 2. The van der Waals surface area contributed by atoms with E-state index in [1.807, 2.05) is 0 Å². The first-order chi connectivity index (χ1) is 15.1. The van der Waals surface area contributed by atoms with E-state index >= 15 is 0 Å². The molecular formula is C21H16F2N6O2. The van der Waals surface area contributed by atoms with Crippen LogP contribution in [0, 0.1) is 11.6 Å². The smallest absolute Gasteiger partial charge is 0.258 e. The number of aromatic nitrogens is 4. The Balaban J connectivity index is 1.40. The molecule has 0 atom stereocenters. The third-order valence-electron chi connectivity index (χ3n) is 5.06. The summed E-state index contributed by atoms with van der Waals surface area (Å²) in [6.07, 6.45) is 3.44. The average molecular weight is 422 g/mol. The summed E-state index contributed by atoms with van der Waals surface area (Å²) < 4.78 is 35.3. The summed E-state index contributed by atoms with van der Waals surface area (Å²) in [5.41, 5.74) is 1.81. The van der Waals surface area contributed by atoms with Crippen molar-refractivity contribution < 1.29 is 18.3 Å². The molecule has 0 fully saturated rings. The summed E-state index contributed by atoms with van der Waals surface area (Å²) in [5, 5.41) is 13.6. The van der Waals surface area contributed by atoms with Crippen LogP contribution in [0.25, 0.3) is 5.65 Å². The summed E-state index contributed by atoms with van der Waals surface area (Å²) in [7, 11) is 0. The zero-order chi connectivity index (χ0) is 21.4. The summed E-state index contributed by atoms with van der Waals surface area (Å²) in [4.78, 5) is 16.7. The molecule has 2 aromatic carbocycles. The summed E-state index contributed by atoms with van der Waals surface area (Å²) in [6, 6.07) is 8.67. The van der Waals surface area contributed by atoms with Gasteiger partial charge in [0.25, 0.3) is 5.91 Å². The molecule has 5 rings (SSSR count). The number of ether oxygens (including phenoxy) is 1. The van der Waals surface area contributed by atoms with Gasteiger partial charge in [0.05, 0.1) is 18.4 Å². The zero-order valence-corrected chi connectivity index (χ0v) is 16.1. The molecule has 0 saturated carbocycles. The van der Waals surface area contributed by atoms with Crippen LogP contribution >= 0.6 is 0 Å². The number of nitrogens with one attached hydrogen (secondary N) is 2. The van der Waals surface area contributed by atoms with Crippen LogP contribution in [0.5, 0.6) is 5.75 Å². The van der Waals surface area contributed by atoms with E-state index in [4.69, 9.17) is 4.74 Å². The molecule has 0 aliphatic carbocycles. The number of fused-ring (bicyclic) bond motifs is 2. The lowest BCUT2D eigenvalue weighted by molar-refractivity contribution is 0.102. The van der Waals surface area contributed by atoms with Gasteiger partial charge in [-0.25, -0.2) is 18.2 Å². The van der Waals surface area contributed by atoms with E-state index in [1.54, 1.807) is 12.1 Å². The summed E-state index contributed by atoms with van der Waals surface area (Å²) >= 11 is 0. The van der Waals surface area contributed by atoms with Crippen molar-refractivity contribution in [1.82, 2.24) is 19.6 Å². The number of benzene rings is 2. The van der Waals surface area contributed by atoms with Gasteiger partial charge in [-0.05, 0) is 24.3 Å². The van der Waals surface area contributed by atoms with Gasteiger partial charge in [0.2, 0.25) is 5.95 Å². The van der Waals surface area contributed by atoms with Crippen LogP contribution in [0.2, 0.25) is 0 Å². The highest BCUT2D eigenvalue weighted by Gasteiger charge is 2.20. The summed E-state index contributed by atoms with van der Waals surface area (Å²) in [5.74, 6) is -0.547. The van der Waals surface area contributed by atoms with Crippen LogP contribution in [-0.2, 0) is 13.0 Å². The topological polar surface area (TPSA) is 93.4 Å². The van der Waals surface area contributed by atoms with Gasteiger partial charge in [-0.1, -0.05) is 12.1 Å². The number of carbonyl (C=O) groups is 1. The van der Waals surface area contributed by atoms with E-state index in [2.05, 4.69) is 25.8 Å². The predicted molar refractivity (Wildman–Crippen MR) is 108 cm³/mol. The first-order valence-corrected chi connectivity index (χ1v) is 9.53. The van der Waals surface area contributed by atoms with Crippen molar-refractivity contribution in [2.24, 2.45) is 0 Å². The van der Waals surface area contributed by atoms with Gasteiger partial charge in [-0.3, -0.25) is 4.79 Å². The van der Waals surface area contributed by atoms with E-state index in [0.717, 1.165) is 5.56 Å². The maximum Gasteiger partial charge on any atom is 0.258 e. The standard InChI is InChI=1S/C21H16F2N6O2/c22-15-4-2-1-3-13(15)20(30)27-17-10-25-21(29-11-26-28-19(17)29)24-9-14-12-7-8-31-18(12)6-5-16(14)23/h1-6,10-11H,7-9H2,(H,24,25)(H,27,30). The Morgan fingerprint density at radius 3 is 2.90 bits per heavy atom. The van der Waals surface area contributed by atoms with Gasteiger partial charge in [0, 0.05) is 24.1 Å². The Morgan fingerprint density at radius 1 is 1.16 bits per heavy atom. The highest BCUT2D eigenvalue weighted by Crippen LogP contribution is 2.30. The molecule has 0 saturated heterocycles. The molecule has 0 radical (unpaired) electrons. The van der Waals surface area contributed by atoms with Gasteiger partial charge >= 0.3 is 0 Å². The molecule has 1 aliphatic rings. The van der Waals surface area contributed by atoms with Crippen LogP contribution in [0.15, 0.2) is 48.9 Å². The van der Waals surface area contributed by atoms with Crippen LogP contribution in [0.4, 0.5) is 20.4 Å². The second-order valence-corrected chi connectivity index (χ2v) is 6.91. The maximum atomic E-state index is 14.4. The molecule has 156 valence electrons. The predicted octanol–water partition coefficient (Wildman–Crippen LogP) is 3.20. The minimum Gasteiger partial charge on any atom is -0.493 e. The lowest BCUT2D eigenvalue weighted by Gasteiger charge is -2.13. The van der Waals surface area contributed by atoms with Crippen molar-refractivity contribution >= 4 is 23.2 Å². The molecule has 0 bridgehead atoms. The third-order valence-corrected chi connectivity index (χ3v) is 5.06. The van der Waals surface area contributed by atoms with Crippen molar-refractivity contribution in [1.29, 1.82) is 0 Å². The fraction of sp³-hybridized carbons (Fsp3) is 0.143. The van der Waals surface area contributed by atoms with Crippen molar-refractivity contribution in [2.75, 3.05) is 17.2 Å². The largest absolute Gasteiger partial charge is 0.493 e. The second-order valence-electron chi connectivity index (χ2n) is 6.91. The first kappa shape index (κ1) is 18.9. The number of carbonyl (C=O) groups excluding carboxylic acids is 1. The highest BCUT2D eigenvalue weighted by molar-refractivity contribution is 6.06. The number of halogens is 2. The molecule has 31 heavy (non-hydrogen) atoms. The van der Waals surface area contributed by atoms with E-state index in [9.17, 15) is 13.6 Å². The van der Waals surface area contributed by atoms with E-state index in [-0.39, 0.29) is 23.6 Å². The van der Waals surface area contributed by atoms with E-state index in [0.29, 0.717) is 35.9 Å². The molecule has 4 aromatic rings. The van der Waals surface area contributed by atoms with Gasteiger partial charge in [-0.2, -0.15) is 0 Å². The highest BCUT2D eigenvalue weighted by atomic mass is 19.1. The Bertz CT molecular complexity index is 1310. The molecule has 1 amide bonds. The fourth-order valence-corrected chi connectivity index (χ4v) is 3.55. The monoisotopic (exact) mass is 422 g/mol. The molecule has 10 heteroatoms. The van der Waals surface area contributed by atoms with Crippen molar-refractivity contribution in [3.8, 4) is 5.75 Å². The lowest BCUT2D eigenvalue weighted by atomic mass is 10.0. The average Bonchev–Trinajstić information content (AvgIpc) is 3.44. The zero-order valence-electron chi connectivity index (χ0n) is 16.1. The normalized spacial score (nSPS) is 12.5. The molecule has 8 nitrogen and oxygen atoms in total. The first-order valence-electron chi connectivity index (χ1n) is 9.53. The molecule has 1 aliphatic heterocycles. The molecule has 3 heterocycles. The minimum absolute atomic E-state index is 0.0991. The molecule has 0 spiro atoms. The lowest BCUT2D eigenvalue weighted by Crippen LogP contribution is -2.16. The number of rotatable bonds is 5. The van der Waals surface area contributed by atoms with Crippen molar-refractivity contribution in [2.45, 2.75) is 13.0 Å². The number of hydrogen-bond donors (Lipinski definition) is 2. The molecule has 2 aromatic heterocycles. The van der Waals surface area contributed by atoms with Crippen molar-refractivity contribution in [3.05, 3.63) is 77.2 Å². The third kappa shape index (κ3) is 3.41. The van der Waals surface area contributed by atoms with Crippen LogP contribution in [0.3, 0.4) is 0 Å². The molecule has 2 N–H and O–H groups in total. The van der Waals surface area contributed by atoms with Gasteiger partial charge in [-0.15, -0.1) is 10.2 Å². The van der Waals surface area contributed by atoms with Gasteiger partial charge in [0.1, 0.15) is 29.4 Å². The fourth-order valence-electron chi connectivity index (χ4n) is 3.55. The second kappa shape index (κ2) is 7.63. The van der Waals surface area contributed by atoms with Crippen molar-refractivity contribution in [3.63, 3.8) is 0 Å². The van der Waals surface area contributed by atoms with Gasteiger partial charge < -0.3 is 15.4 Å². The quantitative estimate of drug-likeness (QED) is 0.513. The Hall–Kier alpha value is -4.08. The SMILES string of the molecule is O=C(Nc1cnc(NCc2c(F)ccc3c2CCO3)n2cnnc12)c1ccccc1F. The number of amides is 1. The van der Waals surface area contributed by atoms with Crippen LogP contribution in [0.1, 0.15) is 21.5 Å². The Labute approximate surface area is 174 Å². The van der Waals surface area contributed by atoms with Crippen LogP contribution < -0.4 is 15.4 Å². The van der Waals surface area contributed by atoms with Crippen LogP contribution in [-0.4, -0.2) is 32.1 Å². The maximum absolute atomic E-state index is 14.4. The number of hydrogen-bond acceptors (Lipinski definition) is 6. The Kier molecular flexibility index (Phi) is 4.66. The van der Waals surface area contributed by atoms with Gasteiger partial charge in [0.15, 0.2) is 5.65 Å². The Morgan fingerprint density at radius 2 is 2.03 bits per heavy atom. The summed E-state index contributed by atoms with van der Waals surface area (Å²) in [6.45, 7) is 0.704. The van der Waals surface area contributed by atoms with E-state index < -0.39 is 11.7 Å². The molecule has 0 unspecified atom stereocenters. The van der Waals surface area contributed by atoms with E-state index in [1.165, 1.54) is 41.2 Å².